The molecule has 1 N–H and O–H groups in total. The van der Waals surface area contributed by atoms with Crippen LogP contribution in [0.4, 0.5) is 5.82 Å². The number of hydrogen-bond acceptors (Lipinski definition) is 3. The molecule has 1 aromatic heterocycles. The van der Waals surface area contributed by atoms with Crippen molar-refractivity contribution in [3.05, 3.63) is 16.5 Å². The maximum atomic E-state index is 4.40. The Kier molecular flexibility index (Phi) is 3.24. The van der Waals surface area contributed by atoms with Crippen LogP contribution < -0.4 is 5.32 Å². The van der Waals surface area contributed by atoms with Crippen molar-refractivity contribution in [3.8, 4) is 0 Å². The largest absolute Gasteiger partial charge is 0.366 e. The smallest absolute Gasteiger partial charge is 0.144 e. The minimum Gasteiger partial charge on any atom is -0.366 e. The zero-order chi connectivity index (χ0) is 10.8. The molecule has 1 aliphatic carbocycles. The first-order valence-corrected chi connectivity index (χ1v) is 6.22. The summed E-state index contributed by atoms with van der Waals surface area (Å²) in [4.78, 5) is 8.54. The van der Waals surface area contributed by atoms with E-state index >= 15 is 0 Å². The van der Waals surface area contributed by atoms with E-state index in [1.54, 1.807) is 0 Å². The Hall–Kier alpha value is -0.640. The minimum atomic E-state index is 0.565. The van der Waals surface area contributed by atoms with Crippen LogP contribution in [0, 0.1) is 12.8 Å². The molecule has 0 amide bonds. The van der Waals surface area contributed by atoms with Crippen LogP contribution in [0.25, 0.3) is 0 Å². The van der Waals surface area contributed by atoms with Gasteiger partial charge in [-0.25, -0.2) is 9.97 Å². The van der Waals surface area contributed by atoms with Gasteiger partial charge in [0.25, 0.3) is 0 Å². The fourth-order valence-corrected chi connectivity index (χ4v) is 2.40. The van der Waals surface area contributed by atoms with Gasteiger partial charge in [-0.3, -0.25) is 0 Å². The molecule has 1 aromatic rings. The number of anilines is 1. The second kappa shape index (κ2) is 4.47. The van der Waals surface area contributed by atoms with Gasteiger partial charge in [-0.1, -0.05) is 13.3 Å². The van der Waals surface area contributed by atoms with Gasteiger partial charge >= 0.3 is 0 Å². The summed E-state index contributed by atoms with van der Waals surface area (Å²) >= 11 is 3.47. The van der Waals surface area contributed by atoms with Crippen LogP contribution >= 0.6 is 15.9 Å². The second-order valence-corrected chi connectivity index (χ2v) is 5.13. The zero-order valence-corrected chi connectivity index (χ0v) is 10.7. The van der Waals surface area contributed by atoms with Crippen LogP contribution in [0.1, 0.15) is 32.0 Å². The SMILES string of the molecule is Cc1ncc(Br)c(NC2CCCC2C)n1. The molecule has 2 atom stereocenters. The van der Waals surface area contributed by atoms with E-state index in [0.29, 0.717) is 6.04 Å². The monoisotopic (exact) mass is 269 g/mol. The Morgan fingerprint density at radius 3 is 2.93 bits per heavy atom. The van der Waals surface area contributed by atoms with Gasteiger partial charge in [0, 0.05) is 12.2 Å². The normalized spacial score (nSPS) is 25.5. The van der Waals surface area contributed by atoms with Gasteiger partial charge in [0.15, 0.2) is 0 Å². The highest BCUT2D eigenvalue weighted by molar-refractivity contribution is 9.10. The Morgan fingerprint density at radius 2 is 2.27 bits per heavy atom. The van der Waals surface area contributed by atoms with Crippen LogP contribution in [0.3, 0.4) is 0 Å². The Labute approximate surface area is 98.8 Å². The molecule has 0 saturated heterocycles. The molecule has 1 heterocycles. The molecule has 1 aliphatic rings. The molecule has 0 spiro atoms. The molecule has 82 valence electrons. The fraction of sp³-hybridized carbons (Fsp3) is 0.636. The molecule has 15 heavy (non-hydrogen) atoms. The van der Waals surface area contributed by atoms with E-state index in [0.717, 1.165) is 22.0 Å². The van der Waals surface area contributed by atoms with Crippen LogP contribution in [-0.4, -0.2) is 16.0 Å². The van der Waals surface area contributed by atoms with Crippen molar-refractivity contribution in [3.63, 3.8) is 0 Å². The van der Waals surface area contributed by atoms with Crippen molar-refractivity contribution in [2.24, 2.45) is 5.92 Å². The number of nitrogens with one attached hydrogen (secondary N) is 1. The third-order valence-corrected chi connectivity index (χ3v) is 3.63. The third kappa shape index (κ3) is 2.48. The average Bonchev–Trinajstić information content (AvgIpc) is 2.58. The standard InChI is InChI=1S/C11H16BrN3/c1-7-4-3-5-10(7)15-11-9(12)6-13-8(2)14-11/h6-7,10H,3-5H2,1-2H3,(H,13,14,15). The fourth-order valence-electron chi connectivity index (χ4n) is 2.09. The summed E-state index contributed by atoms with van der Waals surface area (Å²) in [6.07, 6.45) is 5.70. The summed E-state index contributed by atoms with van der Waals surface area (Å²) < 4.78 is 0.951. The van der Waals surface area contributed by atoms with Crippen molar-refractivity contribution in [1.29, 1.82) is 0 Å². The van der Waals surface area contributed by atoms with Crippen LogP contribution in [-0.2, 0) is 0 Å². The molecular formula is C11H16BrN3. The van der Waals surface area contributed by atoms with Gasteiger partial charge in [-0.2, -0.15) is 0 Å². The van der Waals surface area contributed by atoms with Crippen molar-refractivity contribution in [2.75, 3.05) is 5.32 Å². The Balaban J connectivity index is 2.12. The molecule has 2 unspecified atom stereocenters. The minimum absolute atomic E-state index is 0.565. The first kappa shape index (κ1) is 10.9. The van der Waals surface area contributed by atoms with Gasteiger partial charge in [-0.05, 0) is 41.6 Å². The highest BCUT2D eigenvalue weighted by Crippen LogP contribution is 2.29. The molecule has 1 fully saturated rings. The van der Waals surface area contributed by atoms with Gasteiger partial charge in [0.05, 0.1) is 4.47 Å². The molecule has 0 bridgehead atoms. The van der Waals surface area contributed by atoms with Gasteiger partial charge < -0.3 is 5.32 Å². The lowest BCUT2D eigenvalue weighted by atomic mass is 10.1. The van der Waals surface area contributed by atoms with Crippen LogP contribution in [0.5, 0.6) is 0 Å². The summed E-state index contributed by atoms with van der Waals surface area (Å²) in [6, 6.07) is 0.565. The highest BCUT2D eigenvalue weighted by Gasteiger charge is 2.23. The van der Waals surface area contributed by atoms with E-state index < -0.39 is 0 Å². The number of rotatable bonds is 2. The lowest BCUT2D eigenvalue weighted by Gasteiger charge is -2.18. The molecule has 2 rings (SSSR count). The number of halogens is 1. The number of aromatic nitrogens is 2. The van der Waals surface area contributed by atoms with Gasteiger partial charge in [0.1, 0.15) is 11.6 Å². The number of nitrogens with zero attached hydrogens (tertiary/aromatic N) is 2. The topological polar surface area (TPSA) is 37.8 Å². The maximum Gasteiger partial charge on any atom is 0.144 e. The van der Waals surface area contributed by atoms with Crippen molar-refractivity contribution in [2.45, 2.75) is 39.2 Å². The van der Waals surface area contributed by atoms with Gasteiger partial charge in [0.2, 0.25) is 0 Å². The van der Waals surface area contributed by atoms with E-state index in [9.17, 15) is 0 Å². The molecule has 4 heteroatoms. The lowest BCUT2D eigenvalue weighted by Crippen LogP contribution is -2.22. The van der Waals surface area contributed by atoms with Crippen molar-refractivity contribution in [1.82, 2.24) is 9.97 Å². The van der Waals surface area contributed by atoms with Crippen molar-refractivity contribution >= 4 is 21.7 Å². The van der Waals surface area contributed by atoms with Crippen LogP contribution in [0.2, 0.25) is 0 Å². The summed E-state index contributed by atoms with van der Waals surface area (Å²) in [7, 11) is 0. The predicted octanol–water partition coefficient (Wildman–Crippen LogP) is 3.15. The summed E-state index contributed by atoms with van der Waals surface area (Å²) in [5, 5.41) is 3.50. The zero-order valence-electron chi connectivity index (χ0n) is 9.13. The second-order valence-electron chi connectivity index (χ2n) is 4.27. The summed E-state index contributed by atoms with van der Waals surface area (Å²) in [5.41, 5.74) is 0. The quantitative estimate of drug-likeness (QED) is 0.897. The number of aryl methyl sites for hydroxylation is 1. The highest BCUT2D eigenvalue weighted by atomic mass is 79.9. The third-order valence-electron chi connectivity index (χ3n) is 3.05. The van der Waals surface area contributed by atoms with E-state index in [1.165, 1.54) is 19.3 Å². The van der Waals surface area contributed by atoms with Gasteiger partial charge in [-0.15, -0.1) is 0 Å². The summed E-state index contributed by atoms with van der Waals surface area (Å²) in [6.45, 7) is 4.21. The molecule has 1 saturated carbocycles. The van der Waals surface area contributed by atoms with E-state index in [2.05, 4.69) is 38.1 Å². The first-order valence-electron chi connectivity index (χ1n) is 5.42. The van der Waals surface area contributed by atoms with E-state index in [1.807, 2.05) is 13.1 Å². The van der Waals surface area contributed by atoms with E-state index in [-0.39, 0.29) is 0 Å². The Bertz CT molecular complexity index is 354. The molecule has 0 aromatic carbocycles. The predicted molar refractivity (Wildman–Crippen MR) is 64.9 cm³/mol. The number of hydrogen-bond donors (Lipinski definition) is 1. The van der Waals surface area contributed by atoms with E-state index in [4.69, 9.17) is 0 Å². The lowest BCUT2D eigenvalue weighted by molar-refractivity contribution is 0.554. The van der Waals surface area contributed by atoms with Crippen molar-refractivity contribution < 1.29 is 0 Å². The first-order chi connectivity index (χ1) is 7.16. The molecule has 3 nitrogen and oxygen atoms in total. The average molecular weight is 270 g/mol. The molecular weight excluding hydrogens is 254 g/mol. The molecule has 0 aliphatic heterocycles. The molecule has 0 radical (unpaired) electrons. The van der Waals surface area contributed by atoms with Crippen LogP contribution in [0.15, 0.2) is 10.7 Å². The Morgan fingerprint density at radius 1 is 1.47 bits per heavy atom. The maximum absolute atomic E-state index is 4.40. The summed E-state index contributed by atoms with van der Waals surface area (Å²) in [5.74, 6) is 2.49.